The van der Waals surface area contributed by atoms with Crippen molar-refractivity contribution in [1.82, 2.24) is 4.90 Å². The summed E-state index contributed by atoms with van der Waals surface area (Å²) in [6.07, 6.45) is 2.52. The Morgan fingerprint density at radius 2 is 1.69 bits per heavy atom. The van der Waals surface area contributed by atoms with Crippen LogP contribution in [0.25, 0.3) is 0 Å². The van der Waals surface area contributed by atoms with Crippen LogP contribution in [0.5, 0.6) is 0 Å². The molecule has 0 aromatic heterocycles. The predicted octanol–water partition coefficient (Wildman–Crippen LogP) is 3.91. The SMILES string of the molecule is CCCOC(C)N(CC(C)(C)CC)C(C)C. The summed E-state index contributed by atoms with van der Waals surface area (Å²) < 4.78 is 5.83. The van der Waals surface area contributed by atoms with Crippen LogP contribution in [0.2, 0.25) is 0 Å². The second kappa shape index (κ2) is 7.29. The quantitative estimate of drug-likeness (QED) is 0.585. The van der Waals surface area contributed by atoms with E-state index in [2.05, 4.69) is 53.4 Å². The van der Waals surface area contributed by atoms with Gasteiger partial charge in [-0.1, -0.05) is 27.7 Å². The minimum Gasteiger partial charge on any atom is -0.363 e. The summed E-state index contributed by atoms with van der Waals surface area (Å²) in [6.45, 7) is 17.7. The summed E-state index contributed by atoms with van der Waals surface area (Å²) in [5, 5.41) is 0. The van der Waals surface area contributed by atoms with Crippen LogP contribution in [0.1, 0.15) is 61.3 Å². The Kier molecular flexibility index (Phi) is 7.25. The van der Waals surface area contributed by atoms with E-state index in [0.717, 1.165) is 19.6 Å². The van der Waals surface area contributed by atoms with E-state index in [0.29, 0.717) is 11.5 Å². The van der Waals surface area contributed by atoms with Crippen LogP contribution >= 0.6 is 0 Å². The maximum absolute atomic E-state index is 5.83. The minimum absolute atomic E-state index is 0.228. The molecule has 1 atom stereocenters. The molecule has 2 nitrogen and oxygen atoms in total. The van der Waals surface area contributed by atoms with Crippen molar-refractivity contribution >= 4 is 0 Å². The van der Waals surface area contributed by atoms with Crippen LogP contribution < -0.4 is 0 Å². The van der Waals surface area contributed by atoms with E-state index in [9.17, 15) is 0 Å². The molecule has 0 saturated heterocycles. The van der Waals surface area contributed by atoms with Crippen molar-refractivity contribution in [3.8, 4) is 0 Å². The molecule has 0 aromatic rings. The van der Waals surface area contributed by atoms with Crippen molar-refractivity contribution < 1.29 is 4.74 Å². The van der Waals surface area contributed by atoms with Gasteiger partial charge in [-0.15, -0.1) is 0 Å². The van der Waals surface area contributed by atoms with E-state index >= 15 is 0 Å². The van der Waals surface area contributed by atoms with Crippen LogP contribution in [-0.2, 0) is 4.74 Å². The molecule has 0 aliphatic carbocycles. The molecule has 1 unspecified atom stereocenters. The summed E-state index contributed by atoms with van der Waals surface area (Å²) >= 11 is 0. The van der Waals surface area contributed by atoms with Crippen molar-refractivity contribution in [2.45, 2.75) is 73.6 Å². The van der Waals surface area contributed by atoms with Crippen LogP contribution in [0.15, 0.2) is 0 Å². The number of rotatable bonds is 8. The molecule has 0 fully saturated rings. The van der Waals surface area contributed by atoms with E-state index < -0.39 is 0 Å². The fourth-order valence-corrected chi connectivity index (χ4v) is 1.72. The monoisotopic (exact) mass is 229 g/mol. The van der Waals surface area contributed by atoms with Crippen molar-refractivity contribution in [2.75, 3.05) is 13.2 Å². The van der Waals surface area contributed by atoms with Gasteiger partial charge in [0.2, 0.25) is 0 Å². The molecule has 0 radical (unpaired) electrons. The third-order valence-electron chi connectivity index (χ3n) is 3.26. The average Bonchev–Trinajstić information content (AvgIpc) is 2.22. The Balaban J connectivity index is 4.37. The van der Waals surface area contributed by atoms with Crippen LogP contribution in [0.3, 0.4) is 0 Å². The van der Waals surface area contributed by atoms with Gasteiger partial charge < -0.3 is 4.74 Å². The van der Waals surface area contributed by atoms with Gasteiger partial charge in [0.1, 0.15) is 6.23 Å². The van der Waals surface area contributed by atoms with Gasteiger partial charge in [-0.05, 0) is 39.0 Å². The lowest BCUT2D eigenvalue weighted by Crippen LogP contribution is -2.45. The zero-order valence-corrected chi connectivity index (χ0v) is 12.3. The zero-order valence-electron chi connectivity index (χ0n) is 12.3. The molecule has 0 spiro atoms. The first-order valence-electron chi connectivity index (χ1n) is 6.71. The van der Waals surface area contributed by atoms with Gasteiger partial charge in [-0.3, -0.25) is 4.90 Å². The van der Waals surface area contributed by atoms with Crippen molar-refractivity contribution in [2.24, 2.45) is 5.41 Å². The Morgan fingerprint density at radius 1 is 1.12 bits per heavy atom. The van der Waals surface area contributed by atoms with E-state index in [1.165, 1.54) is 6.42 Å². The molecule has 0 aromatic carbocycles. The summed E-state index contributed by atoms with van der Waals surface area (Å²) in [5.41, 5.74) is 0.369. The second-order valence-electron chi connectivity index (χ2n) is 5.75. The molecular formula is C14H31NO. The van der Waals surface area contributed by atoms with Crippen LogP contribution in [0.4, 0.5) is 0 Å². The Labute approximate surface area is 102 Å². The number of hydrogen-bond acceptors (Lipinski definition) is 2. The number of hydrogen-bond donors (Lipinski definition) is 0. The lowest BCUT2D eigenvalue weighted by molar-refractivity contribution is -0.0755. The van der Waals surface area contributed by atoms with Gasteiger partial charge in [0, 0.05) is 19.2 Å². The molecule has 0 amide bonds. The first-order valence-corrected chi connectivity index (χ1v) is 6.71. The fraction of sp³-hybridized carbons (Fsp3) is 1.00. The first-order chi connectivity index (χ1) is 7.34. The van der Waals surface area contributed by atoms with E-state index in [1.807, 2.05) is 0 Å². The molecule has 98 valence electrons. The van der Waals surface area contributed by atoms with Gasteiger partial charge >= 0.3 is 0 Å². The van der Waals surface area contributed by atoms with Crippen molar-refractivity contribution in [3.05, 3.63) is 0 Å². The highest BCUT2D eigenvalue weighted by Gasteiger charge is 2.25. The molecule has 16 heavy (non-hydrogen) atoms. The van der Waals surface area contributed by atoms with Crippen LogP contribution in [-0.4, -0.2) is 30.3 Å². The van der Waals surface area contributed by atoms with Crippen LogP contribution in [0, 0.1) is 5.41 Å². The topological polar surface area (TPSA) is 12.5 Å². The highest BCUT2D eigenvalue weighted by Crippen LogP contribution is 2.24. The predicted molar refractivity (Wildman–Crippen MR) is 71.6 cm³/mol. The lowest BCUT2D eigenvalue weighted by atomic mass is 9.89. The van der Waals surface area contributed by atoms with Gasteiger partial charge in [-0.2, -0.15) is 0 Å². The average molecular weight is 229 g/mol. The normalized spacial score (nSPS) is 14.8. The molecular weight excluding hydrogens is 198 g/mol. The minimum atomic E-state index is 0.228. The highest BCUT2D eigenvalue weighted by molar-refractivity contribution is 4.75. The fourth-order valence-electron chi connectivity index (χ4n) is 1.72. The summed E-state index contributed by atoms with van der Waals surface area (Å²) in [6, 6.07) is 0.540. The molecule has 0 aliphatic heterocycles. The largest absolute Gasteiger partial charge is 0.363 e. The third kappa shape index (κ3) is 5.86. The van der Waals surface area contributed by atoms with E-state index in [1.54, 1.807) is 0 Å². The molecule has 0 heterocycles. The first kappa shape index (κ1) is 15.9. The third-order valence-corrected chi connectivity index (χ3v) is 3.26. The maximum Gasteiger partial charge on any atom is 0.107 e. The van der Waals surface area contributed by atoms with Crippen molar-refractivity contribution in [3.63, 3.8) is 0 Å². The van der Waals surface area contributed by atoms with Gasteiger partial charge in [-0.25, -0.2) is 0 Å². The zero-order chi connectivity index (χ0) is 12.8. The standard InChI is InChI=1S/C14H31NO/c1-8-10-16-13(5)15(12(3)4)11-14(6,7)9-2/h12-13H,8-11H2,1-7H3. The number of ether oxygens (including phenoxy) is 1. The molecule has 0 rings (SSSR count). The Morgan fingerprint density at radius 3 is 2.06 bits per heavy atom. The van der Waals surface area contributed by atoms with Gasteiger partial charge in [0.25, 0.3) is 0 Å². The van der Waals surface area contributed by atoms with Gasteiger partial charge in [0.05, 0.1) is 0 Å². The highest BCUT2D eigenvalue weighted by atomic mass is 16.5. The second-order valence-corrected chi connectivity index (χ2v) is 5.75. The summed E-state index contributed by atoms with van der Waals surface area (Å²) in [7, 11) is 0. The number of nitrogens with zero attached hydrogens (tertiary/aromatic N) is 1. The molecule has 0 bridgehead atoms. The summed E-state index contributed by atoms with van der Waals surface area (Å²) in [5.74, 6) is 0. The molecule has 0 N–H and O–H groups in total. The van der Waals surface area contributed by atoms with Crippen molar-refractivity contribution in [1.29, 1.82) is 0 Å². The Hall–Kier alpha value is -0.0800. The summed E-state index contributed by atoms with van der Waals surface area (Å²) in [4.78, 5) is 2.46. The van der Waals surface area contributed by atoms with Gasteiger partial charge in [0.15, 0.2) is 0 Å². The van der Waals surface area contributed by atoms with E-state index in [-0.39, 0.29) is 6.23 Å². The molecule has 2 heteroatoms. The lowest BCUT2D eigenvalue weighted by Gasteiger charge is -2.38. The molecule has 0 aliphatic rings. The Bertz CT molecular complexity index is 178. The molecule has 0 saturated carbocycles. The smallest absolute Gasteiger partial charge is 0.107 e. The maximum atomic E-state index is 5.83. The van der Waals surface area contributed by atoms with E-state index in [4.69, 9.17) is 4.74 Å².